The molecule has 0 spiro atoms. The lowest BCUT2D eigenvalue weighted by atomic mass is 10.1. The van der Waals surface area contributed by atoms with Crippen molar-refractivity contribution in [3.8, 4) is 5.75 Å². The van der Waals surface area contributed by atoms with Gasteiger partial charge in [0.15, 0.2) is 0 Å². The Balaban J connectivity index is 1.60. The second kappa shape index (κ2) is 11.2. The van der Waals surface area contributed by atoms with Crippen LogP contribution < -0.4 is 10.3 Å². The smallest absolute Gasteiger partial charge is 0.335 e. The van der Waals surface area contributed by atoms with E-state index in [1.54, 1.807) is 24.3 Å². The number of aryl methyl sites for hydroxylation is 3. The number of aromatic carboxylic acids is 1. The van der Waals surface area contributed by atoms with Gasteiger partial charge in [0.25, 0.3) is 5.56 Å². The van der Waals surface area contributed by atoms with Crippen LogP contribution in [0.2, 0.25) is 0 Å². The first kappa shape index (κ1) is 25.2. The molecule has 0 bridgehead atoms. The number of carbonyl (C=O) groups is 1. The molecule has 1 heterocycles. The molecule has 4 aromatic rings. The zero-order chi connectivity index (χ0) is 25.7. The van der Waals surface area contributed by atoms with Crippen LogP contribution in [0, 0.1) is 6.92 Å². The lowest BCUT2D eigenvalue weighted by molar-refractivity contribution is 0.0697. The van der Waals surface area contributed by atoms with Crippen LogP contribution in [-0.4, -0.2) is 20.6 Å². The Hall–Kier alpha value is -3.93. The number of rotatable bonds is 10. The third kappa shape index (κ3) is 5.65. The second-order valence-electron chi connectivity index (χ2n) is 9.13. The van der Waals surface area contributed by atoms with Gasteiger partial charge in [-0.05, 0) is 66.8 Å². The van der Waals surface area contributed by atoms with Crippen molar-refractivity contribution < 1.29 is 14.6 Å². The lowest BCUT2D eigenvalue weighted by Gasteiger charge is -2.16. The van der Waals surface area contributed by atoms with Gasteiger partial charge >= 0.3 is 5.97 Å². The zero-order valence-electron chi connectivity index (χ0n) is 21.1. The van der Waals surface area contributed by atoms with Crippen LogP contribution in [0.1, 0.15) is 65.1 Å². The third-order valence-electron chi connectivity index (χ3n) is 6.38. The van der Waals surface area contributed by atoms with E-state index in [2.05, 4.69) is 19.9 Å². The molecule has 0 atom stereocenters. The molecule has 0 saturated heterocycles. The first-order valence-electron chi connectivity index (χ1n) is 12.5. The van der Waals surface area contributed by atoms with Crippen LogP contribution in [0.5, 0.6) is 5.75 Å². The number of unbranched alkanes of at least 4 members (excludes halogenated alkanes) is 1. The average molecular weight is 485 g/mol. The Morgan fingerprint density at radius 3 is 2.44 bits per heavy atom. The van der Waals surface area contributed by atoms with E-state index in [0.717, 1.165) is 65.0 Å². The highest BCUT2D eigenvalue weighted by Gasteiger charge is 2.13. The number of benzene rings is 3. The van der Waals surface area contributed by atoms with E-state index < -0.39 is 5.97 Å². The summed E-state index contributed by atoms with van der Waals surface area (Å²) in [6.45, 7) is 7.01. The van der Waals surface area contributed by atoms with E-state index in [-0.39, 0.29) is 11.1 Å². The summed E-state index contributed by atoms with van der Waals surface area (Å²) >= 11 is 0. The Kier molecular flexibility index (Phi) is 7.84. The highest BCUT2D eigenvalue weighted by molar-refractivity contribution is 5.87. The molecule has 0 aliphatic carbocycles. The molecule has 1 N–H and O–H groups in total. The Labute approximate surface area is 211 Å². The summed E-state index contributed by atoms with van der Waals surface area (Å²) in [7, 11) is 0. The van der Waals surface area contributed by atoms with Gasteiger partial charge < -0.3 is 9.84 Å². The minimum atomic E-state index is -0.944. The van der Waals surface area contributed by atoms with E-state index in [1.165, 1.54) is 0 Å². The van der Waals surface area contributed by atoms with E-state index in [9.17, 15) is 9.59 Å². The van der Waals surface area contributed by atoms with Crippen molar-refractivity contribution in [2.24, 2.45) is 0 Å². The van der Waals surface area contributed by atoms with Crippen LogP contribution in [-0.2, 0) is 26.0 Å². The minimum absolute atomic E-state index is 0.00186. The summed E-state index contributed by atoms with van der Waals surface area (Å²) in [4.78, 5) is 29.4. The van der Waals surface area contributed by atoms with Gasteiger partial charge in [0, 0.05) is 6.42 Å². The molecule has 0 aliphatic rings. The normalized spacial score (nSPS) is 11.1. The quantitative estimate of drug-likeness (QED) is 0.301. The molecule has 6 nitrogen and oxygen atoms in total. The predicted molar refractivity (Wildman–Crippen MR) is 142 cm³/mol. The Morgan fingerprint density at radius 2 is 1.75 bits per heavy atom. The monoisotopic (exact) mass is 484 g/mol. The molecule has 0 amide bonds. The number of carboxylic acid groups (broad SMARTS) is 1. The molecular weight excluding hydrogens is 452 g/mol. The van der Waals surface area contributed by atoms with E-state index in [1.807, 2.05) is 41.8 Å². The summed E-state index contributed by atoms with van der Waals surface area (Å²) in [6, 6.07) is 18.6. The van der Waals surface area contributed by atoms with Gasteiger partial charge in [0.2, 0.25) is 0 Å². The second-order valence-corrected chi connectivity index (χ2v) is 9.13. The van der Waals surface area contributed by atoms with Gasteiger partial charge in [-0.15, -0.1) is 0 Å². The molecule has 1 aromatic heterocycles. The largest absolute Gasteiger partial charge is 0.489 e. The fraction of sp³-hybridized carbons (Fsp3) is 0.300. The summed E-state index contributed by atoms with van der Waals surface area (Å²) in [5.41, 5.74) is 5.03. The van der Waals surface area contributed by atoms with E-state index in [4.69, 9.17) is 14.8 Å². The van der Waals surface area contributed by atoms with Crippen LogP contribution in [0.15, 0.2) is 65.5 Å². The molecule has 4 rings (SSSR count). The summed E-state index contributed by atoms with van der Waals surface area (Å²) in [5, 5.41) is 9.72. The minimum Gasteiger partial charge on any atom is -0.489 e. The van der Waals surface area contributed by atoms with Crippen LogP contribution in [0.3, 0.4) is 0 Å². The first-order chi connectivity index (χ1) is 17.4. The van der Waals surface area contributed by atoms with Crippen molar-refractivity contribution in [3.63, 3.8) is 0 Å². The van der Waals surface area contributed by atoms with Crippen LogP contribution in [0.4, 0.5) is 0 Å². The molecule has 0 radical (unpaired) electrons. The highest BCUT2D eigenvalue weighted by Crippen LogP contribution is 2.23. The van der Waals surface area contributed by atoms with Crippen molar-refractivity contribution in [1.82, 2.24) is 9.55 Å². The number of hydrogen-bond donors (Lipinski definition) is 1. The van der Waals surface area contributed by atoms with Crippen molar-refractivity contribution in [1.29, 1.82) is 0 Å². The third-order valence-corrected chi connectivity index (χ3v) is 6.38. The van der Waals surface area contributed by atoms with Gasteiger partial charge in [0.1, 0.15) is 18.2 Å². The number of aromatic nitrogens is 2. The highest BCUT2D eigenvalue weighted by atomic mass is 16.5. The average Bonchev–Trinajstić information content (AvgIpc) is 2.89. The lowest BCUT2D eigenvalue weighted by Crippen LogP contribution is -2.26. The van der Waals surface area contributed by atoms with E-state index in [0.29, 0.717) is 18.5 Å². The molecule has 36 heavy (non-hydrogen) atoms. The molecular formula is C30H32N2O4. The van der Waals surface area contributed by atoms with Crippen molar-refractivity contribution >= 4 is 16.9 Å². The van der Waals surface area contributed by atoms with Crippen molar-refractivity contribution in [3.05, 3.63) is 105 Å². The maximum atomic E-state index is 13.5. The molecule has 0 saturated carbocycles. The SMILES string of the molecule is CCCCc1nc2ccc(C)cc2c(=O)n1Cc1ccc(OCc2ccc(C(=O)O)cc2)c(CC)c1. The number of hydrogen-bond acceptors (Lipinski definition) is 4. The zero-order valence-corrected chi connectivity index (χ0v) is 21.1. The van der Waals surface area contributed by atoms with Crippen LogP contribution in [0.25, 0.3) is 10.9 Å². The van der Waals surface area contributed by atoms with E-state index >= 15 is 0 Å². The fourth-order valence-electron chi connectivity index (χ4n) is 4.30. The van der Waals surface area contributed by atoms with Gasteiger partial charge in [-0.25, -0.2) is 9.78 Å². The van der Waals surface area contributed by atoms with Gasteiger partial charge in [-0.2, -0.15) is 0 Å². The Bertz CT molecular complexity index is 1440. The number of fused-ring (bicyclic) bond motifs is 1. The summed E-state index contributed by atoms with van der Waals surface area (Å²) < 4.78 is 7.88. The molecule has 6 heteroatoms. The molecule has 0 aliphatic heterocycles. The number of ether oxygens (including phenoxy) is 1. The molecule has 0 unspecified atom stereocenters. The summed E-state index contributed by atoms with van der Waals surface area (Å²) in [6.07, 6.45) is 3.56. The molecule has 0 fully saturated rings. The van der Waals surface area contributed by atoms with Crippen molar-refractivity contribution in [2.45, 2.75) is 59.6 Å². The molecule has 186 valence electrons. The van der Waals surface area contributed by atoms with Crippen LogP contribution >= 0.6 is 0 Å². The fourth-order valence-corrected chi connectivity index (χ4v) is 4.30. The summed E-state index contributed by atoms with van der Waals surface area (Å²) in [5.74, 6) is 0.663. The maximum Gasteiger partial charge on any atom is 0.335 e. The van der Waals surface area contributed by atoms with Crippen molar-refractivity contribution in [2.75, 3.05) is 0 Å². The number of carboxylic acids is 1. The standard InChI is InChI=1S/C30H32N2O4/c1-4-6-7-28-31-26-14-8-20(3)16-25(26)29(33)32(28)18-22-11-15-27(23(5-2)17-22)36-19-21-9-12-24(13-10-21)30(34)35/h8-17H,4-7,18-19H2,1-3H3,(H,34,35). The topological polar surface area (TPSA) is 81.4 Å². The maximum absolute atomic E-state index is 13.5. The van der Waals surface area contributed by atoms with Gasteiger partial charge in [-0.1, -0.05) is 56.2 Å². The molecule has 3 aromatic carbocycles. The van der Waals surface area contributed by atoms with Gasteiger partial charge in [0.05, 0.1) is 23.0 Å². The number of nitrogens with zero attached hydrogens (tertiary/aromatic N) is 2. The Morgan fingerprint density at radius 1 is 1.00 bits per heavy atom. The van der Waals surface area contributed by atoms with Gasteiger partial charge in [-0.3, -0.25) is 9.36 Å². The first-order valence-corrected chi connectivity index (χ1v) is 12.5. The predicted octanol–water partition coefficient (Wildman–Crippen LogP) is 5.94.